The highest BCUT2D eigenvalue weighted by atomic mass is 19.4. The number of rotatable bonds is 3. The number of hydrogen-bond acceptors (Lipinski definition) is 4. The van der Waals surface area contributed by atoms with Gasteiger partial charge in [-0.15, -0.1) is 0 Å². The van der Waals surface area contributed by atoms with E-state index in [1.54, 1.807) is 24.1 Å². The Morgan fingerprint density at radius 2 is 1.90 bits per heavy atom. The minimum atomic E-state index is -4.52. The molecule has 2 aromatic rings. The highest BCUT2D eigenvalue weighted by Gasteiger charge is 2.33. The summed E-state index contributed by atoms with van der Waals surface area (Å²) in [6.45, 7) is 0.929. The standard InChI is InChI=1S/C22H20F3N3O3/c1-27-5-6-28(12-20(27)29)21(30)13-3-4-19(31-2)17(8-13)16-9-15(22(23,24)25)7-14-10-26-11-18(14)16/h3-4,7-9,11H,5-6,10,12H2,1-2H3. The van der Waals surface area contributed by atoms with Gasteiger partial charge in [-0.3, -0.25) is 14.6 Å². The summed E-state index contributed by atoms with van der Waals surface area (Å²) in [6, 6.07) is 6.78. The maximum absolute atomic E-state index is 13.5. The van der Waals surface area contributed by atoms with Gasteiger partial charge in [-0.25, -0.2) is 0 Å². The topological polar surface area (TPSA) is 62.2 Å². The lowest BCUT2D eigenvalue weighted by atomic mass is 9.92. The van der Waals surface area contributed by atoms with Crippen LogP contribution in [0, 0.1) is 0 Å². The average Bonchev–Trinajstić information content (AvgIpc) is 3.22. The Morgan fingerprint density at radius 1 is 1.13 bits per heavy atom. The second kappa shape index (κ2) is 7.72. The smallest absolute Gasteiger partial charge is 0.416 e. The third-order valence-electron chi connectivity index (χ3n) is 5.56. The number of likely N-dealkylation sites (N-methyl/N-ethyl adjacent to an activating group) is 1. The Kier molecular flexibility index (Phi) is 5.20. The van der Waals surface area contributed by atoms with Crippen LogP contribution in [0.4, 0.5) is 13.2 Å². The largest absolute Gasteiger partial charge is 0.496 e. The van der Waals surface area contributed by atoms with Gasteiger partial charge in [0.15, 0.2) is 0 Å². The van der Waals surface area contributed by atoms with Crippen molar-refractivity contribution in [2.24, 2.45) is 4.99 Å². The number of aliphatic imine (C=N–C) groups is 1. The number of alkyl halides is 3. The molecular formula is C22H20F3N3O3. The van der Waals surface area contributed by atoms with Gasteiger partial charge in [0, 0.05) is 43.0 Å². The van der Waals surface area contributed by atoms with Gasteiger partial charge < -0.3 is 14.5 Å². The molecule has 2 heterocycles. The molecule has 162 valence electrons. The minimum Gasteiger partial charge on any atom is -0.496 e. The van der Waals surface area contributed by atoms with E-state index in [0.29, 0.717) is 41.1 Å². The Bertz CT molecular complexity index is 1100. The molecule has 2 amide bonds. The molecule has 6 nitrogen and oxygen atoms in total. The summed E-state index contributed by atoms with van der Waals surface area (Å²) in [5.74, 6) is -0.185. The van der Waals surface area contributed by atoms with Gasteiger partial charge in [-0.05, 0) is 41.5 Å². The average molecular weight is 431 g/mol. The van der Waals surface area contributed by atoms with Crippen molar-refractivity contribution in [3.63, 3.8) is 0 Å². The molecular weight excluding hydrogens is 411 g/mol. The van der Waals surface area contributed by atoms with E-state index in [4.69, 9.17) is 4.74 Å². The zero-order valence-corrected chi connectivity index (χ0v) is 17.0. The number of carbonyl (C=O) groups is 2. The number of ether oxygens (including phenoxy) is 1. The first-order chi connectivity index (χ1) is 14.7. The lowest BCUT2D eigenvalue weighted by Crippen LogP contribution is -2.50. The lowest BCUT2D eigenvalue weighted by Gasteiger charge is -2.32. The van der Waals surface area contributed by atoms with Crippen molar-refractivity contribution < 1.29 is 27.5 Å². The van der Waals surface area contributed by atoms with Gasteiger partial charge in [0.25, 0.3) is 5.91 Å². The Labute approximate surface area is 176 Å². The van der Waals surface area contributed by atoms with E-state index in [0.717, 1.165) is 12.1 Å². The van der Waals surface area contributed by atoms with Gasteiger partial charge >= 0.3 is 6.18 Å². The summed E-state index contributed by atoms with van der Waals surface area (Å²) >= 11 is 0. The van der Waals surface area contributed by atoms with Crippen molar-refractivity contribution in [3.05, 3.63) is 52.6 Å². The first kappa shape index (κ1) is 20.9. The van der Waals surface area contributed by atoms with Crippen LogP contribution in [0.3, 0.4) is 0 Å². The van der Waals surface area contributed by atoms with Crippen LogP contribution < -0.4 is 4.74 Å². The summed E-state index contributed by atoms with van der Waals surface area (Å²) in [4.78, 5) is 32.1. The molecule has 0 aliphatic carbocycles. The predicted molar refractivity (Wildman–Crippen MR) is 108 cm³/mol. The molecule has 4 rings (SSSR count). The van der Waals surface area contributed by atoms with Gasteiger partial charge in [0.05, 0.1) is 19.2 Å². The van der Waals surface area contributed by atoms with Gasteiger partial charge in [0.1, 0.15) is 12.3 Å². The molecule has 0 unspecified atom stereocenters. The SMILES string of the molecule is COc1ccc(C(=O)N2CCN(C)C(=O)C2)cc1-c1cc(C(F)(F)F)cc2c1C=NC2. The molecule has 0 bridgehead atoms. The summed E-state index contributed by atoms with van der Waals surface area (Å²) < 4.78 is 45.8. The summed E-state index contributed by atoms with van der Waals surface area (Å²) in [5.41, 5.74) is 1.19. The maximum atomic E-state index is 13.5. The molecule has 2 aliphatic rings. The highest BCUT2D eigenvalue weighted by molar-refractivity contribution is 6.00. The van der Waals surface area contributed by atoms with Crippen LogP contribution in [0.25, 0.3) is 11.1 Å². The number of carbonyl (C=O) groups excluding carboxylic acids is 2. The predicted octanol–water partition coefficient (Wildman–Crippen LogP) is 3.23. The van der Waals surface area contributed by atoms with E-state index in [1.165, 1.54) is 24.3 Å². The van der Waals surface area contributed by atoms with Crippen LogP contribution in [-0.4, -0.2) is 61.6 Å². The van der Waals surface area contributed by atoms with Crippen LogP contribution in [-0.2, 0) is 17.5 Å². The number of amides is 2. The van der Waals surface area contributed by atoms with E-state index in [2.05, 4.69) is 4.99 Å². The molecule has 31 heavy (non-hydrogen) atoms. The van der Waals surface area contributed by atoms with Crippen molar-refractivity contribution in [1.82, 2.24) is 9.80 Å². The number of hydrogen-bond donors (Lipinski definition) is 0. The molecule has 9 heteroatoms. The number of methoxy groups -OCH3 is 1. The number of nitrogens with zero attached hydrogens (tertiary/aromatic N) is 3. The van der Waals surface area contributed by atoms with Crippen LogP contribution in [0.15, 0.2) is 35.3 Å². The molecule has 0 N–H and O–H groups in total. The molecule has 0 aromatic heterocycles. The highest BCUT2D eigenvalue weighted by Crippen LogP contribution is 2.40. The summed E-state index contributed by atoms with van der Waals surface area (Å²) in [7, 11) is 3.09. The molecule has 0 saturated carbocycles. The summed E-state index contributed by atoms with van der Waals surface area (Å²) in [6.07, 6.45) is -2.98. The Hall–Kier alpha value is -3.36. The van der Waals surface area contributed by atoms with Crippen LogP contribution in [0.2, 0.25) is 0 Å². The third-order valence-corrected chi connectivity index (χ3v) is 5.56. The van der Waals surface area contributed by atoms with Crippen molar-refractivity contribution in [2.75, 3.05) is 33.8 Å². The molecule has 0 spiro atoms. The fraction of sp³-hybridized carbons (Fsp3) is 0.318. The fourth-order valence-electron chi connectivity index (χ4n) is 3.78. The van der Waals surface area contributed by atoms with E-state index in [1.807, 2.05) is 0 Å². The van der Waals surface area contributed by atoms with Crippen molar-refractivity contribution >= 4 is 18.0 Å². The normalized spacial score (nSPS) is 16.0. The van der Waals surface area contributed by atoms with Gasteiger partial charge in [-0.1, -0.05) is 0 Å². The first-order valence-electron chi connectivity index (χ1n) is 9.64. The second-order valence-corrected chi connectivity index (χ2v) is 7.52. The zero-order chi connectivity index (χ0) is 22.3. The van der Waals surface area contributed by atoms with Gasteiger partial charge in [0.2, 0.25) is 5.91 Å². The fourth-order valence-corrected chi connectivity index (χ4v) is 3.78. The first-order valence-corrected chi connectivity index (χ1v) is 9.64. The van der Waals surface area contributed by atoms with Crippen LogP contribution in [0.5, 0.6) is 5.75 Å². The monoisotopic (exact) mass is 431 g/mol. The number of benzene rings is 2. The molecule has 2 aromatic carbocycles. The minimum absolute atomic E-state index is 0.0394. The lowest BCUT2D eigenvalue weighted by molar-refractivity contribution is -0.137. The van der Waals surface area contributed by atoms with Crippen LogP contribution >= 0.6 is 0 Å². The number of fused-ring (bicyclic) bond motifs is 1. The Morgan fingerprint density at radius 3 is 2.58 bits per heavy atom. The number of piperazine rings is 1. The van der Waals surface area contributed by atoms with Crippen molar-refractivity contribution in [2.45, 2.75) is 12.7 Å². The quantitative estimate of drug-likeness (QED) is 0.750. The summed E-state index contributed by atoms with van der Waals surface area (Å²) in [5, 5.41) is 0. The molecule has 1 saturated heterocycles. The van der Waals surface area contributed by atoms with Gasteiger partial charge in [-0.2, -0.15) is 13.2 Å². The van der Waals surface area contributed by atoms with Crippen molar-refractivity contribution in [1.29, 1.82) is 0 Å². The molecule has 0 radical (unpaired) electrons. The third kappa shape index (κ3) is 3.87. The molecule has 1 fully saturated rings. The number of halogens is 3. The van der Waals surface area contributed by atoms with Crippen LogP contribution in [0.1, 0.15) is 27.0 Å². The Balaban J connectivity index is 1.79. The second-order valence-electron chi connectivity index (χ2n) is 7.52. The molecule has 0 atom stereocenters. The molecule has 2 aliphatic heterocycles. The van der Waals surface area contributed by atoms with E-state index < -0.39 is 11.7 Å². The van der Waals surface area contributed by atoms with Crippen molar-refractivity contribution in [3.8, 4) is 16.9 Å². The maximum Gasteiger partial charge on any atom is 0.416 e. The van der Waals surface area contributed by atoms with E-state index in [9.17, 15) is 22.8 Å². The zero-order valence-electron chi connectivity index (χ0n) is 17.0. The van der Waals surface area contributed by atoms with E-state index >= 15 is 0 Å². The van der Waals surface area contributed by atoms with E-state index in [-0.39, 0.29) is 30.5 Å².